The van der Waals surface area contributed by atoms with Crippen LogP contribution in [-0.2, 0) is 11.2 Å². The highest BCUT2D eigenvalue weighted by Gasteiger charge is 2.30. The van der Waals surface area contributed by atoms with Crippen molar-refractivity contribution in [3.05, 3.63) is 28.8 Å². The first-order valence-corrected chi connectivity index (χ1v) is 7.91. The summed E-state index contributed by atoms with van der Waals surface area (Å²) in [5.41, 5.74) is 1.55. The molecular formula is C16H17NO4S. The van der Waals surface area contributed by atoms with Crippen molar-refractivity contribution in [3.8, 4) is 22.1 Å². The van der Waals surface area contributed by atoms with Crippen molar-refractivity contribution >= 4 is 17.3 Å². The molecule has 0 aliphatic heterocycles. The fraction of sp³-hybridized carbons (Fsp3) is 0.375. The number of thiazole rings is 1. The van der Waals surface area contributed by atoms with Gasteiger partial charge in [-0.2, -0.15) is 0 Å². The van der Waals surface area contributed by atoms with Crippen molar-refractivity contribution in [2.45, 2.75) is 25.2 Å². The number of carbonyl (C=O) groups is 1. The van der Waals surface area contributed by atoms with E-state index in [4.69, 9.17) is 9.47 Å². The van der Waals surface area contributed by atoms with E-state index in [1.54, 1.807) is 25.6 Å². The summed E-state index contributed by atoms with van der Waals surface area (Å²) in [5.74, 6) is -0.0216. The quantitative estimate of drug-likeness (QED) is 0.936. The molecule has 1 aromatic carbocycles. The topological polar surface area (TPSA) is 68.7 Å². The van der Waals surface area contributed by atoms with Crippen LogP contribution < -0.4 is 9.47 Å². The molecule has 3 rings (SSSR count). The van der Waals surface area contributed by atoms with Crippen LogP contribution in [0.4, 0.5) is 0 Å². The highest BCUT2D eigenvalue weighted by Crippen LogP contribution is 2.43. The van der Waals surface area contributed by atoms with Crippen LogP contribution in [0.3, 0.4) is 0 Å². The Kier molecular flexibility index (Phi) is 4.02. The van der Waals surface area contributed by atoms with Gasteiger partial charge in [-0.05, 0) is 31.4 Å². The minimum atomic E-state index is -0.796. The predicted octanol–water partition coefficient (Wildman–Crippen LogP) is 3.33. The number of hydrogen-bond acceptors (Lipinski definition) is 5. The van der Waals surface area contributed by atoms with Crippen molar-refractivity contribution in [1.29, 1.82) is 0 Å². The van der Waals surface area contributed by atoms with Crippen LogP contribution in [-0.4, -0.2) is 30.3 Å². The van der Waals surface area contributed by atoms with Gasteiger partial charge in [-0.1, -0.05) is 6.07 Å². The largest absolute Gasteiger partial charge is 0.493 e. The Morgan fingerprint density at radius 2 is 2.18 bits per heavy atom. The second-order valence-electron chi connectivity index (χ2n) is 5.15. The van der Waals surface area contributed by atoms with Gasteiger partial charge in [0.1, 0.15) is 5.01 Å². The van der Waals surface area contributed by atoms with Crippen molar-refractivity contribution < 1.29 is 19.4 Å². The SMILES string of the molecule is COc1cccc(-c2nc3c(s2)CCCC3C(=O)O)c1OC. The lowest BCUT2D eigenvalue weighted by Crippen LogP contribution is -2.17. The summed E-state index contributed by atoms with van der Waals surface area (Å²) in [6.45, 7) is 0. The van der Waals surface area contributed by atoms with E-state index in [9.17, 15) is 9.90 Å². The molecule has 0 fully saturated rings. The fourth-order valence-corrected chi connectivity index (χ4v) is 4.02. The van der Waals surface area contributed by atoms with E-state index in [1.807, 2.05) is 18.2 Å². The molecule has 116 valence electrons. The molecular weight excluding hydrogens is 302 g/mol. The zero-order valence-electron chi connectivity index (χ0n) is 12.5. The van der Waals surface area contributed by atoms with Gasteiger partial charge in [0, 0.05) is 4.88 Å². The molecule has 1 aliphatic rings. The number of benzene rings is 1. The Bertz CT molecular complexity index is 710. The number of para-hydroxylation sites is 1. The third kappa shape index (κ3) is 2.43. The number of ether oxygens (including phenoxy) is 2. The number of fused-ring (bicyclic) bond motifs is 1. The summed E-state index contributed by atoms with van der Waals surface area (Å²) in [7, 11) is 3.18. The van der Waals surface area contributed by atoms with Gasteiger partial charge in [-0.3, -0.25) is 4.79 Å². The van der Waals surface area contributed by atoms with Gasteiger partial charge in [0.25, 0.3) is 0 Å². The summed E-state index contributed by atoms with van der Waals surface area (Å²) in [4.78, 5) is 17.1. The zero-order valence-corrected chi connectivity index (χ0v) is 13.3. The summed E-state index contributed by atoms with van der Waals surface area (Å²) in [6, 6.07) is 5.63. The van der Waals surface area contributed by atoms with E-state index < -0.39 is 11.9 Å². The van der Waals surface area contributed by atoms with Gasteiger partial charge < -0.3 is 14.6 Å². The van der Waals surface area contributed by atoms with Gasteiger partial charge in [-0.15, -0.1) is 11.3 Å². The number of carboxylic acid groups (broad SMARTS) is 1. The summed E-state index contributed by atoms with van der Waals surface area (Å²) in [6.07, 6.45) is 2.44. The predicted molar refractivity (Wildman–Crippen MR) is 84.0 cm³/mol. The number of aromatic nitrogens is 1. The summed E-state index contributed by atoms with van der Waals surface area (Å²) >= 11 is 1.55. The number of methoxy groups -OCH3 is 2. The first-order valence-electron chi connectivity index (χ1n) is 7.09. The van der Waals surface area contributed by atoms with Crippen LogP contribution in [0, 0.1) is 0 Å². The Morgan fingerprint density at radius 1 is 1.36 bits per heavy atom. The second-order valence-corrected chi connectivity index (χ2v) is 6.24. The fourth-order valence-electron chi connectivity index (χ4n) is 2.83. The lowest BCUT2D eigenvalue weighted by atomic mass is 9.91. The zero-order chi connectivity index (χ0) is 15.7. The third-order valence-electron chi connectivity index (χ3n) is 3.89. The van der Waals surface area contributed by atoms with E-state index >= 15 is 0 Å². The van der Waals surface area contributed by atoms with Crippen molar-refractivity contribution in [2.24, 2.45) is 0 Å². The molecule has 1 N–H and O–H groups in total. The molecule has 6 heteroatoms. The minimum Gasteiger partial charge on any atom is -0.493 e. The molecule has 0 bridgehead atoms. The maximum atomic E-state index is 11.4. The van der Waals surface area contributed by atoms with E-state index in [-0.39, 0.29) is 0 Å². The first kappa shape index (κ1) is 14.8. The molecule has 0 radical (unpaired) electrons. The van der Waals surface area contributed by atoms with Gasteiger partial charge >= 0.3 is 5.97 Å². The van der Waals surface area contributed by atoms with Crippen molar-refractivity contribution in [1.82, 2.24) is 4.98 Å². The summed E-state index contributed by atoms with van der Waals surface area (Å²) < 4.78 is 10.8. The molecule has 0 saturated carbocycles. The van der Waals surface area contributed by atoms with Gasteiger partial charge in [0.2, 0.25) is 0 Å². The molecule has 1 atom stereocenters. The molecule has 1 unspecified atom stereocenters. The highest BCUT2D eigenvalue weighted by molar-refractivity contribution is 7.15. The van der Waals surface area contributed by atoms with Crippen LogP contribution >= 0.6 is 11.3 Å². The average molecular weight is 319 g/mol. The third-order valence-corrected chi connectivity index (χ3v) is 5.05. The van der Waals surface area contributed by atoms with Gasteiger partial charge in [0.15, 0.2) is 11.5 Å². The van der Waals surface area contributed by atoms with Crippen molar-refractivity contribution in [3.63, 3.8) is 0 Å². The average Bonchev–Trinajstić information content (AvgIpc) is 2.97. The van der Waals surface area contributed by atoms with E-state index in [0.29, 0.717) is 23.6 Å². The Morgan fingerprint density at radius 3 is 2.86 bits per heavy atom. The van der Waals surface area contributed by atoms with Crippen LogP contribution in [0.25, 0.3) is 10.6 Å². The lowest BCUT2D eigenvalue weighted by molar-refractivity contribution is -0.139. The van der Waals surface area contributed by atoms with Gasteiger partial charge in [-0.25, -0.2) is 4.98 Å². The lowest BCUT2D eigenvalue weighted by Gasteiger charge is -2.16. The van der Waals surface area contributed by atoms with Crippen LogP contribution in [0.1, 0.15) is 29.3 Å². The van der Waals surface area contributed by atoms with Crippen molar-refractivity contribution in [2.75, 3.05) is 14.2 Å². The molecule has 1 heterocycles. The maximum absolute atomic E-state index is 11.4. The van der Waals surface area contributed by atoms with E-state index in [2.05, 4.69) is 4.98 Å². The number of aryl methyl sites for hydroxylation is 1. The molecule has 0 amide bonds. The molecule has 0 saturated heterocycles. The minimum absolute atomic E-state index is 0.495. The molecule has 22 heavy (non-hydrogen) atoms. The Balaban J connectivity index is 2.09. The number of aliphatic carboxylic acids is 1. The monoisotopic (exact) mass is 319 g/mol. The number of nitrogens with zero attached hydrogens (tertiary/aromatic N) is 1. The summed E-state index contributed by atoms with van der Waals surface area (Å²) in [5, 5.41) is 10.2. The van der Waals surface area contributed by atoms with Gasteiger partial charge in [0.05, 0.1) is 31.4 Å². The van der Waals surface area contributed by atoms with Crippen LogP contribution in [0.15, 0.2) is 18.2 Å². The van der Waals surface area contributed by atoms with Crippen LogP contribution in [0.5, 0.6) is 11.5 Å². The molecule has 1 aliphatic carbocycles. The van der Waals surface area contributed by atoms with Crippen LogP contribution in [0.2, 0.25) is 0 Å². The standard InChI is InChI=1S/C16H17NO4S/c1-20-11-7-3-6-10(14(11)21-2)15-17-13-9(16(18)19)5-4-8-12(13)22-15/h3,6-7,9H,4-5,8H2,1-2H3,(H,18,19). The van der Waals surface area contributed by atoms with E-state index in [0.717, 1.165) is 28.3 Å². The Labute approximate surface area is 132 Å². The Hall–Kier alpha value is -2.08. The smallest absolute Gasteiger partial charge is 0.312 e. The number of carboxylic acids is 1. The first-order chi connectivity index (χ1) is 10.7. The second kappa shape index (κ2) is 5.96. The highest BCUT2D eigenvalue weighted by atomic mass is 32.1. The molecule has 0 spiro atoms. The van der Waals surface area contributed by atoms with E-state index in [1.165, 1.54) is 0 Å². The molecule has 2 aromatic rings. The number of rotatable bonds is 4. The number of hydrogen-bond donors (Lipinski definition) is 1. The molecule has 5 nitrogen and oxygen atoms in total. The normalized spacial score (nSPS) is 16.9. The maximum Gasteiger partial charge on any atom is 0.312 e. The molecule has 1 aromatic heterocycles.